The predicted octanol–water partition coefficient (Wildman–Crippen LogP) is 1.40. The van der Waals surface area contributed by atoms with Crippen LogP contribution in [0.15, 0.2) is 42.5 Å². The number of nitrogens with two attached hydrogens (primary N) is 1. The molecular weight excluding hydrogens is 498 g/mol. The van der Waals surface area contributed by atoms with Gasteiger partial charge in [-0.05, 0) is 35.9 Å². The molecule has 1 atom stereocenters. The summed E-state index contributed by atoms with van der Waals surface area (Å²) in [4.78, 5) is 43.5. The number of piperazine rings is 1. The van der Waals surface area contributed by atoms with Crippen LogP contribution in [-0.2, 0) is 27.3 Å². The number of morpholine rings is 1. The average molecular weight is 532 g/mol. The maximum absolute atomic E-state index is 13.4. The molecule has 10 nitrogen and oxygen atoms in total. The fraction of sp³-hybridized carbons (Fsp3) is 0.414. The third kappa shape index (κ3) is 4.74. The molecule has 2 fully saturated rings. The van der Waals surface area contributed by atoms with E-state index in [0.717, 1.165) is 66.3 Å². The first-order valence-electron chi connectivity index (χ1n) is 13.4. The van der Waals surface area contributed by atoms with Crippen LogP contribution in [0.1, 0.15) is 33.2 Å². The Hall–Kier alpha value is -3.89. The molecule has 0 spiro atoms. The topological polar surface area (TPSA) is 110 Å². The van der Waals surface area contributed by atoms with Gasteiger partial charge in [-0.25, -0.2) is 0 Å². The zero-order valence-electron chi connectivity index (χ0n) is 22.1. The molecule has 3 aliphatic heterocycles. The minimum Gasteiger partial charge on any atom is -0.492 e. The van der Waals surface area contributed by atoms with Crippen molar-refractivity contribution in [2.75, 3.05) is 59.6 Å². The molecule has 4 heterocycles. The maximum atomic E-state index is 13.4. The molecule has 6 rings (SSSR count). The molecule has 0 radical (unpaired) electrons. The molecule has 0 aliphatic carbocycles. The first kappa shape index (κ1) is 25.4. The van der Waals surface area contributed by atoms with E-state index in [-0.39, 0.29) is 18.4 Å². The molecule has 0 saturated carbocycles. The van der Waals surface area contributed by atoms with Crippen molar-refractivity contribution in [1.82, 2.24) is 19.3 Å². The van der Waals surface area contributed by atoms with Gasteiger partial charge in [0.25, 0.3) is 0 Å². The summed E-state index contributed by atoms with van der Waals surface area (Å²) in [7, 11) is 1.69. The molecule has 1 aromatic heterocycles. The van der Waals surface area contributed by atoms with E-state index in [2.05, 4.69) is 9.47 Å². The van der Waals surface area contributed by atoms with E-state index < -0.39 is 11.9 Å². The zero-order chi connectivity index (χ0) is 27.1. The Balaban J connectivity index is 1.37. The van der Waals surface area contributed by atoms with Crippen LogP contribution in [0.4, 0.5) is 0 Å². The summed E-state index contributed by atoms with van der Waals surface area (Å²) in [5.41, 5.74) is 9.80. The van der Waals surface area contributed by atoms with Crippen molar-refractivity contribution in [2.45, 2.75) is 19.0 Å². The lowest BCUT2D eigenvalue weighted by atomic mass is 9.92. The number of hydrogen-bond acceptors (Lipinski definition) is 6. The molecule has 2 aromatic carbocycles. The van der Waals surface area contributed by atoms with Crippen LogP contribution >= 0.6 is 0 Å². The van der Waals surface area contributed by atoms with Gasteiger partial charge in [-0.1, -0.05) is 12.1 Å². The highest BCUT2D eigenvalue weighted by molar-refractivity contribution is 6.00. The van der Waals surface area contributed by atoms with Crippen LogP contribution in [0.3, 0.4) is 0 Å². The molecular formula is C29H33N5O5. The Labute approximate surface area is 226 Å². The Morgan fingerprint density at radius 2 is 1.85 bits per heavy atom. The molecule has 10 heteroatoms. The summed E-state index contributed by atoms with van der Waals surface area (Å²) in [6.45, 7) is 5.83. The Bertz CT molecular complexity index is 1430. The van der Waals surface area contributed by atoms with Crippen LogP contribution in [-0.4, -0.2) is 96.6 Å². The van der Waals surface area contributed by atoms with Crippen LogP contribution in [0.2, 0.25) is 0 Å². The van der Waals surface area contributed by atoms with Crippen molar-refractivity contribution in [3.05, 3.63) is 64.8 Å². The van der Waals surface area contributed by atoms with E-state index in [0.29, 0.717) is 31.7 Å². The second kappa shape index (κ2) is 10.3. The third-order valence-corrected chi connectivity index (χ3v) is 8.02. The van der Waals surface area contributed by atoms with Gasteiger partial charge in [0.2, 0.25) is 17.7 Å². The van der Waals surface area contributed by atoms with Gasteiger partial charge in [-0.2, -0.15) is 0 Å². The Morgan fingerprint density at radius 1 is 1.08 bits per heavy atom. The maximum Gasteiger partial charge on any atom is 0.250 e. The summed E-state index contributed by atoms with van der Waals surface area (Å²) in [6, 6.07) is 12.6. The largest absolute Gasteiger partial charge is 0.492 e. The van der Waals surface area contributed by atoms with Crippen molar-refractivity contribution < 1.29 is 23.9 Å². The number of hydrogen-bond donors (Lipinski definition) is 1. The van der Waals surface area contributed by atoms with Crippen molar-refractivity contribution >= 4 is 28.6 Å². The molecule has 204 valence electrons. The van der Waals surface area contributed by atoms with Crippen LogP contribution in [0.5, 0.6) is 5.75 Å². The van der Waals surface area contributed by atoms with E-state index >= 15 is 0 Å². The van der Waals surface area contributed by atoms with E-state index in [1.54, 1.807) is 24.1 Å². The van der Waals surface area contributed by atoms with Gasteiger partial charge < -0.3 is 29.6 Å². The van der Waals surface area contributed by atoms with Gasteiger partial charge in [0.15, 0.2) is 0 Å². The molecule has 1 unspecified atom stereocenters. The highest BCUT2D eigenvalue weighted by Gasteiger charge is 2.44. The molecule has 39 heavy (non-hydrogen) atoms. The number of amides is 3. The third-order valence-electron chi connectivity index (χ3n) is 8.02. The molecule has 3 aromatic rings. The van der Waals surface area contributed by atoms with Crippen molar-refractivity contribution in [3.63, 3.8) is 0 Å². The van der Waals surface area contributed by atoms with E-state index in [1.807, 2.05) is 30.3 Å². The first-order valence-corrected chi connectivity index (χ1v) is 13.4. The van der Waals surface area contributed by atoms with E-state index in [9.17, 15) is 14.4 Å². The minimum atomic E-state index is -0.649. The van der Waals surface area contributed by atoms with Gasteiger partial charge in [0, 0.05) is 73.9 Å². The second-order valence-corrected chi connectivity index (χ2v) is 10.4. The fourth-order valence-electron chi connectivity index (χ4n) is 5.95. The minimum absolute atomic E-state index is 0.0337. The summed E-state index contributed by atoms with van der Waals surface area (Å²) < 4.78 is 13.8. The van der Waals surface area contributed by atoms with Crippen LogP contribution in [0, 0.1) is 0 Å². The monoisotopic (exact) mass is 531 g/mol. The SMILES string of the molecule is CN1CC(=O)N2CCc3c(c4cc(OCCN5CCOCC5)ccc4n3Cc3ccc(C(N)=O)cc3)C2C1=O. The summed E-state index contributed by atoms with van der Waals surface area (Å²) in [6.07, 6.45) is 0.649. The second-order valence-electron chi connectivity index (χ2n) is 10.4. The number of benzene rings is 2. The number of aromatic nitrogens is 1. The van der Waals surface area contributed by atoms with Crippen molar-refractivity contribution in [1.29, 1.82) is 0 Å². The smallest absolute Gasteiger partial charge is 0.250 e. The summed E-state index contributed by atoms with van der Waals surface area (Å²) in [5, 5.41) is 0.925. The quantitative estimate of drug-likeness (QED) is 0.494. The number of primary amides is 1. The number of fused-ring (bicyclic) bond motifs is 5. The van der Waals surface area contributed by atoms with E-state index in [1.165, 1.54) is 4.90 Å². The van der Waals surface area contributed by atoms with Crippen molar-refractivity contribution in [2.24, 2.45) is 5.73 Å². The highest BCUT2D eigenvalue weighted by atomic mass is 16.5. The number of ether oxygens (including phenoxy) is 2. The number of likely N-dealkylation sites (N-methyl/N-ethyl adjacent to an activating group) is 1. The van der Waals surface area contributed by atoms with E-state index in [4.69, 9.17) is 15.2 Å². The number of carbonyl (C=O) groups is 3. The molecule has 0 bridgehead atoms. The fourth-order valence-corrected chi connectivity index (χ4v) is 5.95. The van der Waals surface area contributed by atoms with Crippen LogP contribution < -0.4 is 10.5 Å². The lowest BCUT2D eigenvalue weighted by Crippen LogP contribution is -2.56. The summed E-state index contributed by atoms with van der Waals surface area (Å²) >= 11 is 0. The van der Waals surface area contributed by atoms with Crippen LogP contribution in [0.25, 0.3) is 10.9 Å². The predicted molar refractivity (Wildman–Crippen MR) is 145 cm³/mol. The Morgan fingerprint density at radius 3 is 2.59 bits per heavy atom. The molecule has 2 saturated heterocycles. The van der Waals surface area contributed by atoms with Gasteiger partial charge >= 0.3 is 0 Å². The average Bonchev–Trinajstić information content (AvgIpc) is 3.25. The van der Waals surface area contributed by atoms with Gasteiger partial charge in [-0.15, -0.1) is 0 Å². The molecule has 2 N–H and O–H groups in total. The van der Waals surface area contributed by atoms with Gasteiger partial charge in [0.1, 0.15) is 18.4 Å². The first-order chi connectivity index (χ1) is 18.9. The normalized spacial score (nSPS) is 19.8. The Kier molecular flexibility index (Phi) is 6.74. The molecule has 3 amide bonds. The van der Waals surface area contributed by atoms with Gasteiger partial charge in [0.05, 0.1) is 19.8 Å². The number of nitrogens with zero attached hydrogens (tertiary/aromatic N) is 4. The number of rotatable bonds is 7. The van der Waals surface area contributed by atoms with Crippen molar-refractivity contribution in [3.8, 4) is 5.75 Å². The zero-order valence-corrected chi connectivity index (χ0v) is 22.1. The standard InChI is InChI=1S/C29H33N5O5/c1-31-18-25(35)33-9-8-24-26(27(33)29(31)37)22-16-21(39-15-12-32-10-13-38-14-11-32)6-7-23(22)34(24)17-19-2-4-20(5-3-19)28(30)36/h2-7,16,27H,8-15,17-18H2,1H3,(H2,30,36). The lowest BCUT2D eigenvalue weighted by molar-refractivity contribution is -0.155. The lowest BCUT2D eigenvalue weighted by Gasteiger charge is -2.42. The highest BCUT2D eigenvalue weighted by Crippen LogP contribution is 2.41. The molecule has 3 aliphatic rings. The summed E-state index contributed by atoms with van der Waals surface area (Å²) in [5.74, 6) is 0.172. The number of carbonyl (C=O) groups excluding carboxylic acids is 3. The van der Waals surface area contributed by atoms with Gasteiger partial charge in [-0.3, -0.25) is 19.3 Å².